The molecule has 2 aromatic heterocycles. The quantitative estimate of drug-likeness (QED) is 0.366. The standard InChI is InChI=1S/C10H11N4O4Se.2ClH.Pt/c15-1-4-6(16)7(17)10(18-4)14-3-13-5-8(14)11-2-12-9(5)19;;;/h2-4,6-7,10,15-17H,1H2;2*1H;/q;;;+2/p-2/t4-,6-,7-,10-;;;/m1.../s1. The Balaban J connectivity index is 0.000000545. The van der Waals surface area contributed by atoms with E-state index in [1.165, 1.54) is 17.2 Å². The molecule has 1 aliphatic rings. The normalized spacial score (nSPS) is 27.9. The van der Waals surface area contributed by atoms with E-state index in [2.05, 4.69) is 31.0 Å². The molecule has 22 heavy (non-hydrogen) atoms. The van der Waals surface area contributed by atoms with Crippen molar-refractivity contribution in [3.63, 3.8) is 0 Å². The van der Waals surface area contributed by atoms with Crippen LogP contribution in [-0.4, -0.2) is 75.8 Å². The van der Waals surface area contributed by atoms with Crippen molar-refractivity contribution in [1.29, 1.82) is 0 Å². The van der Waals surface area contributed by atoms with Gasteiger partial charge in [-0.05, 0) is 0 Å². The van der Waals surface area contributed by atoms with E-state index < -0.39 is 41.0 Å². The number of hydrogen-bond donors (Lipinski definition) is 3. The van der Waals surface area contributed by atoms with Crippen LogP contribution in [0.1, 0.15) is 6.23 Å². The number of hydrogen-bond acceptors (Lipinski definition) is 7. The molecule has 3 N–H and O–H groups in total. The van der Waals surface area contributed by atoms with Crippen LogP contribution in [0.3, 0.4) is 0 Å². The fourth-order valence-electron chi connectivity index (χ4n) is 2.13. The van der Waals surface area contributed by atoms with Crippen molar-refractivity contribution in [2.24, 2.45) is 0 Å². The summed E-state index contributed by atoms with van der Waals surface area (Å²) in [4.78, 5) is 12.2. The number of aromatic nitrogens is 4. The SMILES string of the molecule is OC[C@H]1O[C@@H](n2cnc3c([Se])ncnc32)[C@H](O)[C@@H]1O.[Cl][Pt][Cl]. The minimum absolute atomic E-state index is 0.372. The fourth-order valence-corrected chi connectivity index (χ4v) is 2.53. The van der Waals surface area contributed by atoms with Crippen molar-refractivity contribution in [1.82, 2.24) is 19.5 Å². The van der Waals surface area contributed by atoms with Gasteiger partial charge in [-0.1, -0.05) is 0 Å². The molecule has 2 aromatic rings. The van der Waals surface area contributed by atoms with Gasteiger partial charge in [0.1, 0.15) is 0 Å². The summed E-state index contributed by atoms with van der Waals surface area (Å²) in [7, 11) is 9.75. The maximum atomic E-state index is 9.97. The van der Waals surface area contributed by atoms with Crippen LogP contribution in [0, 0.1) is 0 Å². The van der Waals surface area contributed by atoms with Gasteiger partial charge >= 0.3 is 150 Å². The number of nitrogens with zero attached hydrogens (tertiary/aromatic N) is 4. The Kier molecular flexibility index (Phi) is 7.01. The number of imidazole rings is 1. The van der Waals surface area contributed by atoms with E-state index in [0.29, 0.717) is 15.8 Å². The van der Waals surface area contributed by atoms with E-state index in [1.807, 2.05) is 0 Å². The molecule has 8 nitrogen and oxygen atoms in total. The molecule has 0 aliphatic carbocycles. The number of rotatable bonds is 2. The summed E-state index contributed by atoms with van der Waals surface area (Å²) >= 11 is 2.30. The second-order valence-electron chi connectivity index (χ2n) is 4.28. The van der Waals surface area contributed by atoms with E-state index in [4.69, 9.17) is 28.7 Å². The maximum absolute atomic E-state index is 9.97. The van der Waals surface area contributed by atoms with Crippen LogP contribution in [-0.2, 0) is 21.2 Å². The summed E-state index contributed by atoms with van der Waals surface area (Å²) in [5, 5.41) is 28.8. The second kappa shape index (κ2) is 8.33. The van der Waals surface area contributed by atoms with Gasteiger partial charge in [0.25, 0.3) is 0 Å². The van der Waals surface area contributed by atoms with Gasteiger partial charge in [-0.3, -0.25) is 0 Å². The Labute approximate surface area is 150 Å². The summed E-state index contributed by atoms with van der Waals surface area (Å²) in [6, 6.07) is 0. The number of ether oxygens (including phenoxy) is 1. The molecular weight excluding hydrogens is 585 g/mol. The van der Waals surface area contributed by atoms with Crippen molar-refractivity contribution in [3.05, 3.63) is 12.7 Å². The first-order chi connectivity index (χ1) is 10.5. The van der Waals surface area contributed by atoms with E-state index >= 15 is 0 Å². The number of fused-ring (bicyclic) bond motifs is 1. The predicted octanol–water partition coefficient (Wildman–Crippen LogP) is -1.39. The number of halogens is 2. The zero-order valence-corrected chi connectivity index (χ0v) is 16.2. The Morgan fingerprint density at radius 2 is 1.95 bits per heavy atom. The van der Waals surface area contributed by atoms with Crippen molar-refractivity contribution in [2.75, 3.05) is 6.61 Å². The average molecular weight is 596 g/mol. The molecule has 0 saturated carbocycles. The molecule has 0 bridgehead atoms. The first-order valence-electron chi connectivity index (χ1n) is 5.84. The average Bonchev–Trinajstić information content (AvgIpc) is 3.04. The minimum atomic E-state index is -1.16. The van der Waals surface area contributed by atoms with Gasteiger partial charge < -0.3 is 0 Å². The van der Waals surface area contributed by atoms with Crippen molar-refractivity contribution in [2.45, 2.75) is 24.5 Å². The first-order valence-corrected chi connectivity index (χ1v) is 12.3. The topological polar surface area (TPSA) is 114 Å². The van der Waals surface area contributed by atoms with Gasteiger partial charge in [0.05, 0.1) is 0 Å². The van der Waals surface area contributed by atoms with Crippen molar-refractivity contribution >= 4 is 50.6 Å². The van der Waals surface area contributed by atoms with Crippen LogP contribution in [0.2, 0.25) is 0 Å². The molecule has 3 rings (SSSR count). The molecule has 1 fully saturated rings. The van der Waals surface area contributed by atoms with Crippen molar-refractivity contribution in [3.8, 4) is 0 Å². The molecule has 1 aliphatic heterocycles. The predicted molar refractivity (Wildman–Crippen MR) is 75.4 cm³/mol. The van der Waals surface area contributed by atoms with Crippen LogP contribution >= 0.6 is 18.8 Å². The van der Waals surface area contributed by atoms with Crippen LogP contribution in [0.4, 0.5) is 0 Å². The molecule has 1 saturated heterocycles. The molecule has 0 aromatic carbocycles. The zero-order chi connectivity index (χ0) is 16.3. The first kappa shape index (κ1) is 18.5. The molecule has 125 valence electrons. The summed E-state index contributed by atoms with van der Waals surface area (Å²) in [5.74, 6) is 0. The number of aliphatic hydroxyl groups excluding tert-OH is 3. The molecular formula is C10H11Cl2N4O4PtSe. The Bertz CT molecular complexity index is 636. The summed E-state index contributed by atoms with van der Waals surface area (Å²) in [6.07, 6.45) is -1.15. The van der Waals surface area contributed by atoms with Gasteiger partial charge in [-0.2, -0.15) is 0 Å². The molecule has 0 spiro atoms. The van der Waals surface area contributed by atoms with Crippen LogP contribution < -0.4 is 4.59 Å². The summed E-state index contributed by atoms with van der Waals surface area (Å²) in [6.45, 7) is -0.372. The van der Waals surface area contributed by atoms with Crippen LogP contribution in [0.25, 0.3) is 11.2 Å². The monoisotopic (exact) mass is 596 g/mol. The van der Waals surface area contributed by atoms with E-state index in [0.717, 1.165) is 0 Å². The molecule has 4 atom stereocenters. The Hall–Kier alpha value is 0.178. The summed E-state index contributed by atoms with van der Waals surface area (Å²) in [5.41, 5.74) is 1.04. The van der Waals surface area contributed by atoms with Gasteiger partial charge in [0.15, 0.2) is 0 Å². The zero-order valence-electron chi connectivity index (χ0n) is 10.7. The van der Waals surface area contributed by atoms with Crippen LogP contribution in [0.5, 0.6) is 0 Å². The van der Waals surface area contributed by atoms with Crippen molar-refractivity contribution < 1.29 is 36.5 Å². The van der Waals surface area contributed by atoms with Gasteiger partial charge in [-0.15, -0.1) is 0 Å². The van der Waals surface area contributed by atoms with Gasteiger partial charge in [0.2, 0.25) is 0 Å². The molecule has 0 unspecified atom stereocenters. The van der Waals surface area contributed by atoms with E-state index in [9.17, 15) is 10.2 Å². The van der Waals surface area contributed by atoms with Gasteiger partial charge in [0, 0.05) is 0 Å². The fraction of sp³-hybridized carbons (Fsp3) is 0.500. The number of aliphatic hydroxyl groups is 3. The molecule has 1 radical (unpaired) electrons. The summed E-state index contributed by atoms with van der Waals surface area (Å²) < 4.78 is 7.54. The third kappa shape index (κ3) is 3.64. The third-order valence-corrected chi connectivity index (χ3v) is 3.74. The van der Waals surface area contributed by atoms with E-state index in [1.54, 1.807) is 0 Å². The van der Waals surface area contributed by atoms with E-state index in [-0.39, 0.29) is 6.61 Å². The van der Waals surface area contributed by atoms with Crippen LogP contribution in [0.15, 0.2) is 12.7 Å². The molecule has 0 amide bonds. The Morgan fingerprint density at radius 3 is 2.55 bits per heavy atom. The molecule has 12 heteroatoms. The Morgan fingerprint density at radius 1 is 1.27 bits per heavy atom. The third-order valence-electron chi connectivity index (χ3n) is 3.12. The molecule has 3 heterocycles. The van der Waals surface area contributed by atoms with Gasteiger partial charge in [-0.25, -0.2) is 0 Å². The second-order valence-corrected chi connectivity index (χ2v) is 8.37.